The summed E-state index contributed by atoms with van der Waals surface area (Å²) in [6.07, 6.45) is 0.958. The lowest BCUT2D eigenvalue weighted by atomic mass is 10.1. The van der Waals surface area contributed by atoms with Gasteiger partial charge in [-0.2, -0.15) is 0 Å². The topological polar surface area (TPSA) is 69.0 Å². The molecule has 0 atom stereocenters. The van der Waals surface area contributed by atoms with Crippen molar-refractivity contribution >= 4 is 28.7 Å². The summed E-state index contributed by atoms with van der Waals surface area (Å²) in [5, 5.41) is 1.00. The Morgan fingerprint density at radius 3 is 2.56 bits per heavy atom. The number of nitrogens with zero attached hydrogens (tertiary/aromatic N) is 1. The van der Waals surface area contributed by atoms with E-state index in [9.17, 15) is 9.59 Å². The van der Waals surface area contributed by atoms with Crippen molar-refractivity contribution < 1.29 is 18.7 Å². The lowest BCUT2D eigenvalue weighted by Crippen LogP contribution is -2.42. The molecule has 0 spiro atoms. The third-order valence-electron chi connectivity index (χ3n) is 4.38. The fourth-order valence-corrected chi connectivity index (χ4v) is 3.04. The van der Waals surface area contributed by atoms with Gasteiger partial charge in [0.2, 0.25) is 0 Å². The van der Waals surface area contributed by atoms with Gasteiger partial charge in [0.25, 0.3) is 0 Å². The summed E-state index contributed by atoms with van der Waals surface area (Å²) in [5.41, 5.74) is 1.35. The fraction of sp³-hybridized carbons (Fsp3) is 0.200. The van der Waals surface area contributed by atoms with Crippen molar-refractivity contribution in [2.75, 3.05) is 26.3 Å². The minimum atomic E-state index is -0.446. The Kier molecular flexibility index (Phi) is 4.83. The van der Waals surface area contributed by atoms with E-state index >= 15 is 0 Å². The van der Waals surface area contributed by atoms with Crippen LogP contribution >= 0.6 is 11.6 Å². The average Bonchev–Trinajstić information content (AvgIpc) is 2.70. The predicted octanol–water partition coefficient (Wildman–Crippen LogP) is 3.94. The van der Waals surface area contributed by atoms with Gasteiger partial charge in [0.05, 0.1) is 24.2 Å². The number of morpholine rings is 1. The lowest BCUT2D eigenvalue weighted by molar-refractivity contribution is 0.0416. The minimum absolute atomic E-state index is 0.162. The van der Waals surface area contributed by atoms with Crippen molar-refractivity contribution in [3.63, 3.8) is 0 Å². The number of rotatable bonds is 2. The molecule has 0 N–H and O–H groups in total. The molecule has 0 radical (unpaired) electrons. The molecule has 1 fully saturated rings. The molecule has 6 nitrogen and oxygen atoms in total. The van der Waals surface area contributed by atoms with Crippen LogP contribution in [0, 0.1) is 0 Å². The van der Waals surface area contributed by atoms with Crippen LogP contribution in [0.15, 0.2) is 57.9 Å². The average molecular weight is 386 g/mol. The summed E-state index contributed by atoms with van der Waals surface area (Å²) in [6, 6.07) is 11.7. The summed E-state index contributed by atoms with van der Waals surface area (Å²) in [5.74, 6) is 0.321. The van der Waals surface area contributed by atoms with Crippen LogP contribution in [0.2, 0.25) is 5.02 Å². The second kappa shape index (κ2) is 7.42. The van der Waals surface area contributed by atoms with Gasteiger partial charge in [-0.3, -0.25) is 4.79 Å². The van der Waals surface area contributed by atoms with Crippen LogP contribution in [-0.4, -0.2) is 37.3 Å². The molecule has 1 aromatic heterocycles. The maximum atomic E-state index is 12.8. The first-order valence-corrected chi connectivity index (χ1v) is 8.85. The van der Waals surface area contributed by atoms with Crippen molar-refractivity contribution in [2.45, 2.75) is 0 Å². The number of hydrogen-bond donors (Lipinski definition) is 0. The molecule has 2 heterocycles. The second-order valence-electron chi connectivity index (χ2n) is 6.11. The van der Waals surface area contributed by atoms with E-state index in [0.717, 1.165) is 5.56 Å². The molecule has 0 bridgehead atoms. The molecule has 0 saturated carbocycles. The Morgan fingerprint density at radius 2 is 1.81 bits per heavy atom. The Labute approximate surface area is 159 Å². The van der Waals surface area contributed by atoms with Crippen LogP contribution in [-0.2, 0) is 4.74 Å². The van der Waals surface area contributed by atoms with Crippen molar-refractivity contribution in [1.29, 1.82) is 0 Å². The number of carbonyl (C=O) groups excluding carboxylic acids is 1. The van der Waals surface area contributed by atoms with Gasteiger partial charge in [0.15, 0.2) is 5.43 Å². The lowest BCUT2D eigenvalue weighted by Gasteiger charge is -2.25. The summed E-state index contributed by atoms with van der Waals surface area (Å²) in [7, 11) is 0. The standard InChI is InChI=1S/C20H16ClNO5/c21-14-3-1-13(2-4-14)17-12-26-18-11-15(5-6-16(18)19(17)23)27-20(24)22-7-9-25-10-8-22/h1-6,11-12H,7-10H2. The molecule has 1 amide bonds. The first kappa shape index (κ1) is 17.6. The summed E-state index contributed by atoms with van der Waals surface area (Å²) in [4.78, 5) is 26.5. The number of amides is 1. The Morgan fingerprint density at radius 1 is 1.07 bits per heavy atom. The Bertz CT molecular complexity index is 1040. The summed E-state index contributed by atoms with van der Waals surface area (Å²) >= 11 is 5.90. The van der Waals surface area contributed by atoms with E-state index in [-0.39, 0.29) is 5.43 Å². The van der Waals surface area contributed by atoms with E-state index in [2.05, 4.69) is 0 Å². The number of hydrogen-bond acceptors (Lipinski definition) is 5. The molecule has 7 heteroatoms. The number of ether oxygens (including phenoxy) is 2. The first-order valence-electron chi connectivity index (χ1n) is 8.48. The first-order chi connectivity index (χ1) is 13.1. The van der Waals surface area contributed by atoms with Crippen LogP contribution in [0.3, 0.4) is 0 Å². The zero-order chi connectivity index (χ0) is 18.8. The Hall–Kier alpha value is -2.83. The number of halogens is 1. The summed E-state index contributed by atoms with van der Waals surface area (Å²) < 4.78 is 16.2. The largest absolute Gasteiger partial charge is 0.463 e. The van der Waals surface area contributed by atoms with E-state index in [1.165, 1.54) is 6.26 Å². The number of fused-ring (bicyclic) bond motifs is 1. The van der Waals surface area contributed by atoms with Gasteiger partial charge in [-0.25, -0.2) is 4.79 Å². The SMILES string of the molecule is O=C(Oc1ccc2c(=O)c(-c3ccc(Cl)cc3)coc2c1)N1CCOCC1. The second-order valence-corrected chi connectivity index (χ2v) is 6.55. The fourth-order valence-electron chi connectivity index (χ4n) is 2.91. The molecule has 0 aliphatic carbocycles. The van der Waals surface area contributed by atoms with Crippen LogP contribution < -0.4 is 10.2 Å². The maximum absolute atomic E-state index is 12.8. The van der Waals surface area contributed by atoms with Gasteiger partial charge in [-0.05, 0) is 29.8 Å². The normalized spacial score (nSPS) is 14.3. The molecular formula is C20H16ClNO5. The zero-order valence-electron chi connectivity index (χ0n) is 14.3. The van der Waals surface area contributed by atoms with Crippen LogP contribution in [0.4, 0.5) is 4.79 Å². The van der Waals surface area contributed by atoms with Crippen molar-refractivity contribution in [1.82, 2.24) is 4.90 Å². The molecule has 4 rings (SSSR count). The molecule has 1 aliphatic rings. The van der Waals surface area contributed by atoms with Crippen molar-refractivity contribution in [3.05, 3.63) is 64.0 Å². The molecule has 2 aromatic carbocycles. The van der Waals surface area contributed by atoms with Gasteiger partial charge < -0.3 is 18.8 Å². The highest BCUT2D eigenvalue weighted by Gasteiger charge is 2.19. The molecule has 1 aliphatic heterocycles. The summed E-state index contributed by atoms with van der Waals surface area (Å²) in [6.45, 7) is 1.97. The third kappa shape index (κ3) is 3.67. The number of benzene rings is 2. The van der Waals surface area contributed by atoms with E-state index in [0.29, 0.717) is 53.6 Å². The zero-order valence-corrected chi connectivity index (χ0v) is 15.1. The number of carbonyl (C=O) groups is 1. The van der Waals surface area contributed by atoms with E-state index in [4.69, 9.17) is 25.5 Å². The molecular weight excluding hydrogens is 370 g/mol. The smallest absolute Gasteiger partial charge is 0.415 e. The quantitative estimate of drug-likeness (QED) is 0.668. The highest BCUT2D eigenvalue weighted by Crippen LogP contribution is 2.24. The van der Waals surface area contributed by atoms with Gasteiger partial charge in [-0.1, -0.05) is 23.7 Å². The van der Waals surface area contributed by atoms with Gasteiger partial charge >= 0.3 is 6.09 Å². The highest BCUT2D eigenvalue weighted by molar-refractivity contribution is 6.30. The molecule has 3 aromatic rings. The van der Waals surface area contributed by atoms with Gasteiger partial charge in [0, 0.05) is 24.2 Å². The van der Waals surface area contributed by atoms with E-state index in [1.54, 1.807) is 47.4 Å². The molecule has 0 unspecified atom stereocenters. The van der Waals surface area contributed by atoms with Crippen molar-refractivity contribution in [2.24, 2.45) is 0 Å². The molecule has 27 heavy (non-hydrogen) atoms. The third-order valence-corrected chi connectivity index (χ3v) is 4.63. The van der Waals surface area contributed by atoms with Crippen molar-refractivity contribution in [3.8, 4) is 16.9 Å². The van der Waals surface area contributed by atoms with E-state index < -0.39 is 6.09 Å². The molecule has 138 valence electrons. The molecule has 1 saturated heterocycles. The van der Waals surface area contributed by atoms with Gasteiger partial charge in [-0.15, -0.1) is 0 Å². The Balaban J connectivity index is 1.62. The highest BCUT2D eigenvalue weighted by atomic mass is 35.5. The minimum Gasteiger partial charge on any atom is -0.463 e. The van der Waals surface area contributed by atoms with Crippen LogP contribution in [0.25, 0.3) is 22.1 Å². The van der Waals surface area contributed by atoms with Crippen LogP contribution in [0.1, 0.15) is 0 Å². The monoisotopic (exact) mass is 385 g/mol. The predicted molar refractivity (Wildman–Crippen MR) is 101 cm³/mol. The van der Waals surface area contributed by atoms with Gasteiger partial charge in [0.1, 0.15) is 17.6 Å². The maximum Gasteiger partial charge on any atom is 0.415 e. The van der Waals surface area contributed by atoms with E-state index in [1.807, 2.05) is 0 Å². The van der Waals surface area contributed by atoms with Crippen LogP contribution in [0.5, 0.6) is 5.75 Å².